The van der Waals surface area contributed by atoms with Crippen molar-refractivity contribution in [2.75, 3.05) is 26.4 Å². The van der Waals surface area contributed by atoms with Gasteiger partial charge in [-0.1, -0.05) is 24.4 Å². The summed E-state index contributed by atoms with van der Waals surface area (Å²) in [6.07, 6.45) is 5.32. The van der Waals surface area contributed by atoms with E-state index in [1.165, 1.54) is 6.07 Å². The number of carboxylic acid groups (broad SMARTS) is 3. The maximum atomic E-state index is 13.1. The molecule has 0 bridgehead atoms. The standard InChI is InChI=1S/C34H53ClFN6O12P/c1-22(9-8-18-54-21-42(55-53)26(34(51)52)13-15-30(46)47)40-29(45)14-12-25(33(49)50)41-28(44)11-5-3-6-16-37-27(43)10-4-2-7-17-38-32(48)23-19-24(35)31(36)39-20-23/h19-20,22,25-26,53,55H,2-18,21H2,1H3,(H,37,43)(H,38,48)(H,40,45)(H,41,44)(H,46,47)(H,49,50)(H,51,52)/t22-,25+,26+/m1/s1. The van der Waals surface area contributed by atoms with E-state index in [9.17, 15) is 53.1 Å². The van der Waals surface area contributed by atoms with E-state index in [2.05, 4.69) is 26.3 Å². The molecule has 4 atom stereocenters. The molecule has 1 aromatic heterocycles. The number of unbranched alkanes of at least 4 members (excludes halogenated alkanes) is 4. The fourth-order valence-corrected chi connectivity index (χ4v) is 5.77. The van der Waals surface area contributed by atoms with Crippen molar-refractivity contribution in [3.8, 4) is 0 Å². The van der Waals surface area contributed by atoms with Crippen LogP contribution in [0, 0.1) is 5.95 Å². The first-order valence-corrected chi connectivity index (χ1v) is 19.3. The molecule has 1 rings (SSSR count). The molecule has 1 unspecified atom stereocenters. The highest BCUT2D eigenvalue weighted by Crippen LogP contribution is 2.21. The van der Waals surface area contributed by atoms with Crippen LogP contribution in [0.2, 0.25) is 5.02 Å². The Morgan fingerprint density at radius 1 is 0.818 bits per heavy atom. The highest BCUT2D eigenvalue weighted by molar-refractivity contribution is 7.28. The van der Waals surface area contributed by atoms with E-state index in [0.717, 1.165) is 10.9 Å². The lowest BCUT2D eigenvalue weighted by atomic mass is 10.1. The lowest BCUT2D eigenvalue weighted by molar-refractivity contribution is -0.144. The molecular weight excluding hydrogens is 770 g/mol. The number of nitrogens with one attached hydrogen (secondary N) is 4. The first-order chi connectivity index (χ1) is 26.1. The quantitative estimate of drug-likeness (QED) is 0.0232. The van der Waals surface area contributed by atoms with Crippen molar-refractivity contribution in [1.82, 2.24) is 30.9 Å². The third-order valence-electron chi connectivity index (χ3n) is 8.11. The molecule has 0 saturated carbocycles. The largest absolute Gasteiger partial charge is 0.481 e. The van der Waals surface area contributed by atoms with E-state index < -0.39 is 62.6 Å². The van der Waals surface area contributed by atoms with Crippen LogP contribution in [-0.4, -0.2) is 116 Å². The number of aromatic nitrogens is 1. The molecular formula is C34H53ClFN6O12P. The van der Waals surface area contributed by atoms with Crippen LogP contribution in [0.15, 0.2) is 12.3 Å². The molecule has 55 heavy (non-hydrogen) atoms. The minimum absolute atomic E-state index is 0.0834. The predicted octanol–water partition coefficient (Wildman–Crippen LogP) is 2.57. The van der Waals surface area contributed by atoms with Crippen LogP contribution in [0.1, 0.15) is 107 Å². The molecule has 0 aliphatic rings. The smallest absolute Gasteiger partial charge is 0.326 e. The summed E-state index contributed by atoms with van der Waals surface area (Å²) in [6, 6.07) is -1.56. The van der Waals surface area contributed by atoms with E-state index in [1.807, 2.05) is 0 Å². The van der Waals surface area contributed by atoms with Crippen molar-refractivity contribution in [1.29, 1.82) is 0 Å². The first-order valence-electron chi connectivity index (χ1n) is 18.0. The Bertz CT molecular complexity index is 1410. The highest BCUT2D eigenvalue weighted by Gasteiger charge is 2.26. The number of nitrogens with zero attached hydrogens (tertiary/aromatic N) is 2. The van der Waals surface area contributed by atoms with E-state index >= 15 is 0 Å². The summed E-state index contributed by atoms with van der Waals surface area (Å²) in [5.74, 6) is -5.94. The van der Waals surface area contributed by atoms with Gasteiger partial charge in [0.1, 0.15) is 18.8 Å². The number of carbonyl (C=O) groups is 7. The SMILES string of the molecule is C[C@H](CCCOCN(PO)[C@@H](CCC(=O)O)C(=O)O)NC(=O)CC[C@H](NC(=O)CCCCCNC(=O)CCCCCNC(=O)c1cnc(F)c(Cl)c1)C(=O)O. The summed E-state index contributed by atoms with van der Waals surface area (Å²) >= 11 is 5.64. The molecule has 1 aromatic rings. The lowest BCUT2D eigenvalue weighted by Crippen LogP contribution is -2.42. The third kappa shape index (κ3) is 22.8. The molecule has 21 heteroatoms. The molecule has 0 fully saturated rings. The molecule has 4 amide bonds. The van der Waals surface area contributed by atoms with Crippen LogP contribution >= 0.6 is 20.6 Å². The van der Waals surface area contributed by atoms with Crippen molar-refractivity contribution in [2.24, 2.45) is 0 Å². The number of hydrogen-bond acceptors (Lipinski definition) is 11. The van der Waals surface area contributed by atoms with Gasteiger partial charge in [-0.2, -0.15) is 4.39 Å². The van der Waals surface area contributed by atoms with Crippen molar-refractivity contribution >= 4 is 62.1 Å². The third-order valence-corrected chi connectivity index (χ3v) is 9.07. The van der Waals surface area contributed by atoms with Gasteiger partial charge in [-0.25, -0.2) is 14.4 Å². The number of halogens is 2. The Balaban J connectivity index is 2.16. The van der Waals surface area contributed by atoms with Gasteiger partial charge in [0.25, 0.3) is 5.91 Å². The van der Waals surface area contributed by atoms with Crippen LogP contribution in [0.3, 0.4) is 0 Å². The average Bonchev–Trinajstić information content (AvgIpc) is 3.12. The van der Waals surface area contributed by atoms with E-state index in [4.69, 9.17) is 21.4 Å². The molecule has 1 heterocycles. The van der Waals surface area contributed by atoms with Gasteiger partial charge in [-0.15, -0.1) is 0 Å². The molecule has 310 valence electrons. The Hall–Kier alpha value is -4.03. The minimum atomic E-state index is -1.28. The number of amides is 4. The zero-order valence-corrected chi connectivity index (χ0v) is 32.6. The molecule has 0 radical (unpaired) electrons. The van der Waals surface area contributed by atoms with Gasteiger partial charge in [0.2, 0.25) is 23.7 Å². The van der Waals surface area contributed by atoms with Crippen molar-refractivity contribution in [3.63, 3.8) is 0 Å². The summed E-state index contributed by atoms with van der Waals surface area (Å²) in [7, 11) is -0.901. The normalized spacial score (nSPS) is 12.9. The van der Waals surface area contributed by atoms with Crippen LogP contribution in [0.4, 0.5) is 4.39 Å². The Morgan fingerprint density at radius 3 is 2.05 bits per heavy atom. The van der Waals surface area contributed by atoms with E-state index in [0.29, 0.717) is 70.9 Å². The number of hydrogen-bond donors (Lipinski definition) is 8. The molecule has 0 aromatic carbocycles. The van der Waals surface area contributed by atoms with Crippen molar-refractivity contribution in [3.05, 3.63) is 28.8 Å². The monoisotopic (exact) mass is 822 g/mol. The maximum Gasteiger partial charge on any atom is 0.326 e. The molecule has 0 saturated heterocycles. The van der Waals surface area contributed by atoms with Gasteiger partial charge in [0.05, 0.1) is 19.5 Å². The van der Waals surface area contributed by atoms with Gasteiger partial charge in [0.15, 0.2) is 0 Å². The van der Waals surface area contributed by atoms with Gasteiger partial charge in [-0.05, 0) is 64.4 Å². The molecule has 0 aliphatic carbocycles. The second-order valence-corrected chi connectivity index (χ2v) is 13.9. The van der Waals surface area contributed by atoms with Crippen LogP contribution in [0.25, 0.3) is 0 Å². The lowest BCUT2D eigenvalue weighted by Gasteiger charge is -2.25. The van der Waals surface area contributed by atoms with Crippen LogP contribution < -0.4 is 21.3 Å². The van der Waals surface area contributed by atoms with Crippen molar-refractivity contribution < 1.29 is 62.9 Å². The van der Waals surface area contributed by atoms with Gasteiger partial charge in [0, 0.05) is 57.6 Å². The van der Waals surface area contributed by atoms with Gasteiger partial charge < -0.3 is 46.2 Å². The first kappa shape index (κ1) is 49.0. The average molecular weight is 823 g/mol. The summed E-state index contributed by atoms with van der Waals surface area (Å²) < 4.78 is 19.7. The predicted molar refractivity (Wildman–Crippen MR) is 199 cm³/mol. The molecule has 18 nitrogen and oxygen atoms in total. The Morgan fingerprint density at radius 2 is 1.45 bits per heavy atom. The van der Waals surface area contributed by atoms with Gasteiger partial charge in [-0.3, -0.25) is 28.8 Å². The number of aliphatic carboxylic acids is 3. The fraction of sp³-hybridized carbons (Fsp3) is 0.647. The van der Waals surface area contributed by atoms with Crippen LogP contribution in [-0.2, 0) is 33.5 Å². The number of pyridine rings is 1. The number of ether oxygens (including phenoxy) is 1. The molecule has 0 spiro atoms. The topological polar surface area (TPSA) is 274 Å². The maximum absolute atomic E-state index is 13.1. The summed E-state index contributed by atoms with van der Waals surface area (Å²) in [5.41, 5.74) is 0.152. The summed E-state index contributed by atoms with van der Waals surface area (Å²) in [6.45, 7) is 2.50. The second kappa shape index (κ2) is 28.4. The number of carboxylic acids is 3. The highest BCUT2D eigenvalue weighted by atomic mass is 35.5. The fourth-order valence-electron chi connectivity index (χ4n) is 5.07. The molecule has 0 aliphatic heterocycles. The zero-order chi connectivity index (χ0) is 41.2. The second-order valence-electron chi connectivity index (χ2n) is 12.7. The van der Waals surface area contributed by atoms with E-state index in [1.54, 1.807) is 6.92 Å². The van der Waals surface area contributed by atoms with Crippen LogP contribution in [0.5, 0.6) is 0 Å². The van der Waals surface area contributed by atoms with Gasteiger partial charge >= 0.3 is 17.9 Å². The van der Waals surface area contributed by atoms with E-state index in [-0.39, 0.29) is 68.0 Å². The number of carbonyl (C=O) groups excluding carboxylic acids is 4. The summed E-state index contributed by atoms with van der Waals surface area (Å²) in [5, 5.41) is 38.1. The minimum Gasteiger partial charge on any atom is -0.481 e. The zero-order valence-electron chi connectivity index (χ0n) is 30.8. The number of rotatable bonds is 31. The molecule has 8 N–H and O–H groups in total. The van der Waals surface area contributed by atoms with Crippen molar-refractivity contribution in [2.45, 2.75) is 115 Å². The Labute approximate surface area is 325 Å². The Kier molecular flexibility index (Phi) is 25.3. The summed E-state index contributed by atoms with van der Waals surface area (Å²) in [4.78, 5) is 95.7.